The minimum atomic E-state index is -0.449. The van der Waals surface area contributed by atoms with Gasteiger partial charge in [-0.25, -0.2) is 8.78 Å². The summed E-state index contributed by atoms with van der Waals surface area (Å²) in [6.07, 6.45) is 1.57. The molecule has 1 saturated heterocycles. The van der Waals surface area contributed by atoms with Gasteiger partial charge in [-0.15, -0.1) is 0 Å². The summed E-state index contributed by atoms with van der Waals surface area (Å²) in [6.45, 7) is 4.26. The molecule has 8 heteroatoms. The Morgan fingerprint density at radius 2 is 2.04 bits per heavy atom. The Bertz CT molecular complexity index is 712. The predicted molar refractivity (Wildman–Crippen MR) is 89.9 cm³/mol. The van der Waals surface area contributed by atoms with Gasteiger partial charge in [0.25, 0.3) is 0 Å². The zero-order valence-electron chi connectivity index (χ0n) is 14.1. The topological polar surface area (TPSA) is 56.9 Å². The molecule has 2 heterocycles. The molecule has 3 rings (SSSR count). The molecule has 1 N–H and O–H groups in total. The van der Waals surface area contributed by atoms with Crippen LogP contribution >= 0.6 is 0 Å². The summed E-state index contributed by atoms with van der Waals surface area (Å²) in [4.78, 5) is 8.64. The van der Waals surface area contributed by atoms with Crippen molar-refractivity contribution in [2.24, 2.45) is 4.99 Å². The molecule has 6 nitrogen and oxygen atoms in total. The van der Waals surface area contributed by atoms with Gasteiger partial charge >= 0.3 is 0 Å². The summed E-state index contributed by atoms with van der Waals surface area (Å²) in [6, 6.07) is 5.31. The summed E-state index contributed by atoms with van der Waals surface area (Å²) < 4.78 is 31.8. The Balaban J connectivity index is 1.51. The number of guanidine groups is 1. The number of aliphatic imine (C=N–C) groups is 1. The molecule has 0 aliphatic carbocycles. The molecule has 1 aromatic carbocycles. The van der Waals surface area contributed by atoms with Crippen molar-refractivity contribution in [1.29, 1.82) is 0 Å². The number of rotatable bonds is 4. The average Bonchev–Trinajstić information content (AvgIpc) is 3.12. The molecule has 0 radical (unpaired) electrons. The number of benzene rings is 1. The van der Waals surface area contributed by atoms with E-state index in [2.05, 4.69) is 25.3 Å². The quantitative estimate of drug-likeness (QED) is 0.674. The van der Waals surface area contributed by atoms with Gasteiger partial charge in [0.15, 0.2) is 5.96 Å². The molecule has 1 fully saturated rings. The first-order chi connectivity index (χ1) is 12.2. The number of aromatic nitrogens is 1. The van der Waals surface area contributed by atoms with E-state index in [0.717, 1.165) is 50.6 Å². The van der Waals surface area contributed by atoms with Crippen molar-refractivity contribution in [3.05, 3.63) is 53.4 Å². The van der Waals surface area contributed by atoms with Gasteiger partial charge in [0.2, 0.25) is 0 Å². The molecule has 0 spiro atoms. The third-order valence-electron chi connectivity index (χ3n) is 4.21. The molecule has 0 unspecified atom stereocenters. The van der Waals surface area contributed by atoms with Crippen LogP contribution in [0.15, 0.2) is 40.0 Å². The van der Waals surface area contributed by atoms with Crippen LogP contribution in [0.4, 0.5) is 8.78 Å². The summed E-state index contributed by atoms with van der Waals surface area (Å²) in [5, 5.41) is 7.03. The minimum Gasteiger partial charge on any atom is -0.364 e. The van der Waals surface area contributed by atoms with E-state index in [1.54, 1.807) is 13.3 Å². The molecule has 1 aromatic heterocycles. The van der Waals surface area contributed by atoms with Crippen LogP contribution in [0.1, 0.15) is 11.3 Å². The summed E-state index contributed by atoms with van der Waals surface area (Å²) >= 11 is 0. The van der Waals surface area contributed by atoms with Gasteiger partial charge in [0.05, 0.1) is 5.69 Å². The molecule has 25 heavy (non-hydrogen) atoms. The van der Waals surface area contributed by atoms with Crippen LogP contribution in [0.25, 0.3) is 0 Å². The highest BCUT2D eigenvalue weighted by Crippen LogP contribution is 2.10. The largest absolute Gasteiger partial charge is 0.364 e. The maximum Gasteiger partial charge on any atom is 0.194 e. The number of hydrogen-bond acceptors (Lipinski definition) is 4. The van der Waals surface area contributed by atoms with Crippen LogP contribution in [0.3, 0.4) is 0 Å². The first kappa shape index (κ1) is 17.3. The van der Waals surface area contributed by atoms with Crippen LogP contribution in [-0.2, 0) is 13.1 Å². The lowest BCUT2D eigenvalue weighted by atomic mass is 10.2. The van der Waals surface area contributed by atoms with Crippen LogP contribution in [-0.4, -0.2) is 54.1 Å². The molecule has 0 amide bonds. The number of halogens is 2. The zero-order valence-corrected chi connectivity index (χ0v) is 14.1. The van der Waals surface area contributed by atoms with Crippen molar-refractivity contribution in [3.8, 4) is 0 Å². The molecular formula is C17H21F2N5O. The SMILES string of the molecule is CN=C(NCc1cc(F)ccc1F)N1CCN(Cc2ccon2)CC1. The summed E-state index contributed by atoms with van der Waals surface area (Å²) in [5.41, 5.74) is 1.20. The second-order valence-corrected chi connectivity index (χ2v) is 5.89. The van der Waals surface area contributed by atoms with E-state index in [1.807, 2.05) is 6.07 Å². The molecule has 1 aliphatic heterocycles. The van der Waals surface area contributed by atoms with Crippen LogP contribution in [0.5, 0.6) is 0 Å². The number of hydrogen-bond donors (Lipinski definition) is 1. The van der Waals surface area contributed by atoms with Crippen molar-refractivity contribution < 1.29 is 13.3 Å². The van der Waals surface area contributed by atoms with Gasteiger partial charge < -0.3 is 14.7 Å². The fourth-order valence-corrected chi connectivity index (χ4v) is 2.85. The monoisotopic (exact) mass is 349 g/mol. The maximum absolute atomic E-state index is 13.7. The second kappa shape index (κ2) is 8.06. The lowest BCUT2D eigenvalue weighted by Crippen LogP contribution is -2.52. The van der Waals surface area contributed by atoms with Crippen molar-refractivity contribution in [1.82, 2.24) is 20.3 Å². The Kier molecular flexibility index (Phi) is 5.60. The van der Waals surface area contributed by atoms with Crippen LogP contribution in [0.2, 0.25) is 0 Å². The summed E-state index contributed by atoms with van der Waals surface area (Å²) in [5.74, 6) is -0.193. The molecule has 1 aliphatic rings. The Hall–Kier alpha value is -2.48. The van der Waals surface area contributed by atoms with E-state index in [4.69, 9.17) is 4.52 Å². The van der Waals surface area contributed by atoms with Gasteiger partial charge in [0, 0.05) is 57.9 Å². The molecule has 0 saturated carbocycles. The standard InChI is InChI=1S/C17H21F2N5O/c1-20-17(21-11-13-10-14(18)2-3-16(13)19)24-7-5-23(6-8-24)12-15-4-9-25-22-15/h2-4,9-10H,5-8,11-12H2,1H3,(H,20,21). The fourth-order valence-electron chi connectivity index (χ4n) is 2.85. The number of nitrogens with one attached hydrogen (secondary N) is 1. The summed E-state index contributed by atoms with van der Waals surface area (Å²) in [7, 11) is 1.69. The van der Waals surface area contributed by atoms with Gasteiger partial charge in [0.1, 0.15) is 17.9 Å². The first-order valence-electron chi connectivity index (χ1n) is 8.17. The third-order valence-corrected chi connectivity index (χ3v) is 4.21. The lowest BCUT2D eigenvalue weighted by Gasteiger charge is -2.36. The van der Waals surface area contributed by atoms with E-state index in [-0.39, 0.29) is 12.1 Å². The zero-order chi connectivity index (χ0) is 17.6. The maximum atomic E-state index is 13.7. The molecule has 2 aromatic rings. The second-order valence-electron chi connectivity index (χ2n) is 5.89. The smallest absolute Gasteiger partial charge is 0.194 e. The van der Waals surface area contributed by atoms with Crippen molar-refractivity contribution in [2.45, 2.75) is 13.1 Å². The number of piperazine rings is 1. The highest BCUT2D eigenvalue weighted by Gasteiger charge is 2.20. The molecule has 134 valence electrons. The van der Waals surface area contributed by atoms with E-state index < -0.39 is 11.6 Å². The van der Waals surface area contributed by atoms with Crippen molar-refractivity contribution >= 4 is 5.96 Å². The lowest BCUT2D eigenvalue weighted by molar-refractivity contribution is 0.169. The van der Waals surface area contributed by atoms with E-state index >= 15 is 0 Å². The van der Waals surface area contributed by atoms with E-state index in [0.29, 0.717) is 5.96 Å². The molecule has 0 bridgehead atoms. The van der Waals surface area contributed by atoms with E-state index in [1.165, 1.54) is 6.07 Å². The minimum absolute atomic E-state index is 0.190. The van der Waals surface area contributed by atoms with Crippen molar-refractivity contribution in [2.75, 3.05) is 33.2 Å². The van der Waals surface area contributed by atoms with Gasteiger partial charge in [-0.1, -0.05) is 5.16 Å². The number of nitrogens with zero attached hydrogens (tertiary/aromatic N) is 4. The van der Waals surface area contributed by atoms with Crippen molar-refractivity contribution in [3.63, 3.8) is 0 Å². The Labute approximate surface area is 145 Å². The van der Waals surface area contributed by atoms with Crippen LogP contribution < -0.4 is 5.32 Å². The van der Waals surface area contributed by atoms with Crippen LogP contribution in [0, 0.1) is 11.6 Å². The Morgan fingerprint density at radius 1 is 1.24 bits per heavy atom. The third kappa shape index (κ3) is 4.54. The predicted octanol–water partition coefficient (Wildman–Crippen LogP) is 1.85. The fraction of sp³-hybridized carbons (Fsp3) is 0.412. The highest BCUT2D eigenvalue weighted by molar-refractivity contribution is 5.80. The average molecular weight is 349 g/mol. The van der Waals surface area contributed by atoms with Gasteiger partial charge in [-0.2, -0.15) is 0 Å². The normalized spacial score (nSPS) is 16.3. The molecular weight excluding hydrogens is 328 g/mol. The highest BCUT2D eigenvalue weighted by atomic mass is 19.1. The van der Waals surface area contributed by atoms with Gasteiger partial charge in [-0.05, 0) is 18.2 Å². The molecule has 0 atom stereocenters. The Morgan fingerprint density at radius 3 is 2.72 bits per heavy atom. The first-order valence-corrected chi connectivity index (χ1v) is 8.17. The van der Waals surface area contributed by atoms with E-state index in [9.17, 15) is 8.78 Å². The van der Waals surface area contributed by atoms with Gasteiger partial charge in [-0.3, -0.25) is 9.89 Å².